The molecule has 1 saturated heterocycles. The van der Waals surface area contributed by atoms with Gasteiger partial charge in [-0.2, -0.15) is 0 Å². The van der Waals surface area contributed by atoms with E-state index in [1.807, 2.05) is 0 Å². The van der Waals surface area contributed by atoms with Gasteiger partial charge in [0.1, 0.15) is 0 Å². The van der Waals surface area contributed by atoms with Crippen LogP contribution in [0.5, 0.6) is 0 Å². The minimum Gasteiger partial charge on any atom is -0.309 e. The summed E-state index contributed by atoms with van der Waals surface area (Å²) in [5, 5.41) is 3.41. The fourth-order valence-corrected chi connectivity index (χ4v) is 3.08. The van der Waals surface area contributed by atoms with Crippen LogP contribution in [0.4, 0.5) is 0 Å². The maximum atomic E-state index is 3.41. The number of benzene rings is 1. The van der Waals surface area contributed by atoms with Gasteiger partial charge in [0, 0.05) is 39.3 Å². The summed E-state index contributed by atoms with van der Waals surface area (Å²) in [6.07, 6.45) is 2.51. The van der Waals surface area contributed by atoms with Gasteiger partial charge in [0.25, 0.3) is 0 Å². The van der Waals surface area contributed by atoms with Crippen LogP contribution in [0.2, 0.25) is 0 Å². The highest BCUT2D eigenvalue weighted by molar-refractivity contribution is 5.34. The lowest BCUT2D eigenvalue weighted by molar-refractivity contribution is 0.153. The molecule has 3 heteroatoms. The lowest BCUT2D eigenvalue weighted by Crippen LogP contribution is -2.44. The fourth-order valence-electron chi connectivity index (χ4n) is 3.08. The average Bonchev–Trinajstić information content (AvgIpc) is 2.88. The third-order valence-electron chi connectivity index (χ3n) is 4.44. The molecule has 0 bridgehead atoms. The van der Waals surface area contributed by atoms with E-state index < -0.39 is 0 Å². The molecule has 0 radical (unpaired) electrons. The van der Waals surface area contributed by atoms with Crippen LogP contribution in [-0.2, 0) is 19.5 Å². The molecule has 0 saturated carbocycles. The van der Waals surface area contributed by atoms with E-state index in [0.29, 0.717) is 0 Å². The van der Waals surface area contributed by atoms with Gasteiger partial charge in [-0.05, 0) is 43.1 Å². The quantitative estimate of drug-likeness (QED) is 0.883. The molecule has 0 atom stereocenters. The van der Waals surface area contributed by atoms with Crippen molar-refractivity contribution >= 4 is 0 Å². The Morgan fingerprint density at radius 3 is 2.68 bits per heavy atom. The van der Waals surface area contributed by atoms with E-state index in [1.165, 1.54) is 62.3 Å². The zero-order valence-electron chi connectivity index (χ0n) is 12.0. The van der Waals surface area contributed by atoms with Crippen molar-refractivity contribution < 1.29 is 0 Å². The van der Waals surface area contributed by atoms with Gasteiger partial charge < -0.3 is 15.1 Å². The monoisotopic (exact) mass is 259 g/mol. The highest BCUT2D eigenvalue weighted by atomic mass is 15.2. The normalized spacial score (nSPS) is 20.7. The van der Waals surface area contributed by atoms with Crippen molar-refractivity contribution in [2.75, 3.05) is 39.8 Å². The molecule has 2 heterocycles. The first-order valence-corrected chi connectivity index (χ1v) is 7.53. The van der Waals surface area contributed by atoms with E-state index >= 15 is 0 Å². The molecule has 2 aliphatic rings. The first-order chi connectivity index (χ1) is 9.31. The molecule has 1 aromatic carbocycles. The minimum absolute atomic E-state index is 1.05. The maximum absolute atomic E-state index is 3.41. The number of fused-ring (bicyclic) bond motifs is 1. The predicted molar refractivity (Wildman–Crippen MR) is 79.2 cm³/mol. The molecule has 2 aliphatic heterocycles. The topological polar surface area (TPSA) is 18.5 Å². The van der Waals surface area contributed by atoms with Gasteiger partial charge in [0.05, 0.1) is 0 Å². The Morgan fingerprint density at radius 2 is 1.84 bits per heavy atom. The number of hydrogen-bond acceptors (Lipinski definition) is 3. The summed E-state index contributed by atoms with van der Waals surface area (Å²) in [5.74, 6) is 0. The maximum Gasteiger partial charge on any atom is 0.0212 e. The third-order valence-corrected chi connectivity index (χ3v) is 4.44. The van der Waals surface area contributed by atoms with Crippen LogP contribution in [0.1, 0.15) is 23.1 Å². The second kappa shape index (κ2) is 6.04. The first kappa shape index (κ1) is 13.1. The van der Waals surface area contributed by atoms with Crippen molar-refractivity contribution in [3.05, 3.63) is 34.9 Å². The van der Waals surface area contributed by atoms with Gasteiger partial charge in [-0.3, -0.25) is 0 Å². The van der Waals surface area contributed by atoms with Crippen LogP contribution in [0.25, 0.3) is 0 Å². The van der Waals surface area contributed by atoms with Gasteiger partial charge >= 0.3 is 0 Å². The van der Waals surface area contributed by atoms with Gasteiger partial charge in [0.2, 0.25) is 0 Å². The van der Waals surface area contributed by atoms with Crippen molar-refractivity contribution in [3.8, 4) is 0 Å². The van der Waals surface area contributed by atoms with Crippen LogP contribution in [0, 0.1) is 0 Å². The van der Waals surface area contributed by atoms with E-state index in [0.717, 1.165) is 13.1 Å². The molecular formula is C16H25N3. The average molecular weight is 259 g/mol. The van der Waals surface area contributed by atoms with Gasteiger partial charge in [-0.1, -0.05) is 18.2 Å². The summed E-state index contributed by atoms with van der Waals surface area (Å²) in [6.45, 7) is 8.30. The van der Waals surface area contributed by atoms with E-state index in [-0.39, 0.29) is 0 Å². The Kier molecular flexibility index (Phi) is 4.16. The Labute approximate surface area is 116 Å². The number of aryl methyl sites for hydroxylation is 1. The lowest BCUT2D eigenvalue weighted by Gasteiger charge is -2.32. The Bertz CT molecular complexity index is 422. The summed E-state index contributed by atoms with van der Waals surface area (Å²) < 4.78 is 0. The smallest absolute Gasteiger partial charge is 0.0212 e. The van der Waals surface area contributed by atoms with Crippen LogP contribution in [0.3, 0.4) is 0 Å². The molecule has 0 unspecified atom stereocenters. The van der Waals surface area contributed by atoms with Crippen LogP contribution < -0.4 is 5.32 Å². The summed E-state index contributed by atoms with van der Waals surface area (Å²) in [6, 6.07) is 7.02. The van der Waals surface area contributed by atoms with E-state index in [9.17, 15) is 0 Å². The number of piperazine rings is 1. The Balaban J connectivity index is 1.45. The summed E-state index contributed by atoms with van der Waals surface area (Å²) in [5.41, 5.74) is 4.51. The predicted octanol–water partition coefficient (Wildman–Crippen LogP) is 1.47. The Hall–Kier alpha value is -0.900. The number of rotatable bonds is 4. The van der Waals surface area contributed by atoms with Crippen molar-refractivity contribution in [3.63, 3.8) is 0 Å². The van der Waals surface area contributed by atoms with Crippen molar-refractivity contribution in [2.45, 2.75) is 25.9 Å². The number of likely N-dealkylation sites (N-methyl/N-ethyl adjacent to an activating group) is 1. The molecule has 0 aromatic heterocycles. The van der Waals surface area contributed by atoms with Gasteiger partial charge in [-0.25, -0.2) is 0 Å². The third kappa shape index (κ3) is 3.35. The number of nitrogens with zero attached hydrogens (tertiary/aromatic N) is 2. The fraction of sp³-hybridized carbons (Fsp3) is 0.625. The van der Waals surface area contributed by atoms with Crippen LogP contribution in [-0.4, -0.2) is 49.6 Å². The molecule has 19 heavy (non-hydrogen) atoms. The minimum atomic E-state index is 1.05. The molecule has 1 aromatic rings. The SMILES string of the molecule is CN1CCN(CCCc2ccc3c(c2)CNC3)CC1. The van der Waals surface area contributed by atoms with E-state index in [2.05, 4.69) is 40.4 Å². The second-order valence-electron chi connectivity index (χ2n) is 5.96. The van der Waals surface area contributed by atoms with Crippen LogP contribution >= 0.6 is 0 Å². The molecule has 3 nitrogen and oxygen atoms in total. The molecule has 0 spiro atoms. The molecule has 104 valence electrons. The van der Waals surface area contributed by atoms with Crippen molar-refractivity contribution in [1.82, 2.24) is 15.1 Å². The molecule has 1 fully saturated rings. The largest absolute Gasteiger partial charge is 0.309 e. The summed E-state index contributed by atoms with van der Waals surface area (Å²) >= 11 is 0. The van der Waals surface area contributed by atoms with Crippen molar-refractivity contribution in [1.29, 1.82) is 0 Å². The van der Waals surface area contributed by atoms with Crippen LogP contribution in [0.15, 0.2) is 18.2 Å². The highest BCUT2D eigenvalue weighted by Crippen LogP contribution is 2.18. The lowest BCUT2D eigenvalue weighted by atomic mass is 10.0. The highest BCUT2D eigenvalue weighted by Gasteiger charge is 2.13. The van der Waals surface area contributed by atoms with Gasteiger partial charge in [0.15, 0.2) is 0 Å². The van der Waals surface area contributed by atoms with Crippen molar-refractivity contribution in [2.24, 2.45) is 0 Å². The van der Waals surface area contributed by atoms with Gasteiger partial charge in [-0.15, -0.1) is 0 Å². The molecule has 1 N–H and O–H groups in total. The Morgan fingerprint density at radius 1 is 1.05 bits per heavy atom. The number of nitrogens with one attached hydrogen (secondary N) is 1. The standard InChI is InChI=1S/C16H25N3/c1-18-7-9-19(10-8-18)6-2-3-14-4-5-15-12-17-13-16(15)11-14/h4-5,11,17H,2-3,6-10,12-13H2,1H3. The zero-order chi connectivity index (χ0) is 13.1. The molecule has 0 aliphatic carbocycles. The summed E-state index contributed by atoms with van der Waals surface area (Å²) in [4.78, 5) is 5.03. The first-order valence-electron chi connectivity index (χ1n) is 7.53. The van der Waals surface area contributed by atoms with E-state index in [4.69, 9.17) is 0 Å². The van der Waals surface area contributed by atoms with E-state index in [1.54, 1.807) is 0 Å². The zero-order valence-corrected chi connectivity index (χ0v) is 12.0. The number of hydrogen-bond donors (Lipinski definition) is 1. The second-order valence-corrected chi connectivity index (χ2v) is 5.96. The molecule has 3 rings (SSSR count). The summed E-state index contributed by atoms with van der Waals surface area (Å²) in [7, 11) is 2.22. The molecular weight excluding hydrogens is 234 g/mol. The molecule has 0 amide bonds.